The summed E-state index contributed by atoms with van der Waals surface area (Å²) in [4.78, 5) is 0. The van der Waals surface area contributed by atoms with Crippen molar-refractivity contribution in [2.24, 2.45) is 10.8 Å². The zero-order valence-electron chi connectivity index (χ0n) is 18.7. The van der Waals surface area contributed by atoms with Gasteiger partial charge in [-0.05, 0) is 98.3 Å². The van der Waals surface area contributed by atoms with E-state index in [1.165, 1.54) is 114 Å². The van der Waals surface area contributed by atoms with Crippen LogP contribution in [0.4, 0.5) is 0 Å². The third-order valence-electron chi connectivity index (χ3n) is 7.88. The molecule has 1 heteroatoms. The molecule has 2 aliphatic carbocycles. The summed E-state index contributed by atoms with van der Waals surface area (Å²) in [6.07, 6.45) is 23.4. The van der Waals surface area contributed by atoms with Gasteiger partial charge < -0.3 is 5.11 Å². The maximum atomic E-state index is 9.92. The molecule has 1 N–H and O–H groups in total. The van der Waals surface area contributed by atoms with E-state index in [0.717, 1.165) is 11.8 Å². The summed E-state index contributed by atoms with van der Waals surface area (Å²) in [5.41, 5.74) is 4.36. The van der Waals surface area contributed by atoms with Crippen molar-refractivity contribution in [2.75, 3.05) is 0 Å². The topological polar surface area (TPSA) is 20.2 Å². The van der Waals surface area contributed by atoms with Crippen molar-refractivity contribution in [1.29, 1.82) is 0 Å². The third-order valence-corrected chi connectivity index (χ3v) is 7.88. The first kappa shape index (κ1) is 21.7. The van der Waals surface area contributed by atoms with Gasteiger partial charge in [0.2, 0.25) is 0 Å². The lowest BCUT2D eigenvalue weighted by Gasteiger charge is -2.12. The second-order valence-electron chi connectivity index (χ2n) is 10.4. The van der Waals surface area contributed by atoms with Crippen LogP contribution in [-0.2, 0) is 12.8 Å². The van der Waals surface area contributed by atoms with Crippen molar-refractivity contribution >= 4 is 0 Å². The summed E-state index contributed by atoms with van der Waals surface area (Å²) in [5, 5.41) is 9.92. The van der Waals surface area contributed by atoms with E-state index in [2.05, 4.69) is 19.9 Å². The molecule has 3 rings (SSSR count). The molecule has 158 valence electrons. The molecule has 2 aliphatic rings. The number of aromatic hydroxyl groups is 1. The summed E-state index contributed by atoms with van der Waals surface area (Å²) >= 11 is 0. The molecule has 1 nitrogen and oxygen atoms in total. The normalized spacial score (nSPS) is 18.9. The average molecular weight is 385 g/mol. The maximum Gasteiger partial charge on any atom is 0.115 e. The summed E-state index contributed by atoms with van der Waals surface area (Å²) in [7, 11) is 0. The van der Waals surface area contributed by atoms with E-state index in [-0.39, 0.29) is 0 Å². The predicted octanol–water partition coefficient (Wildman–Crippen LogP) is 8.37. The molecule has 0 unspecified atom stereocenters. The van der Waals surface area contributed by atoms with E-state index in [9.17, 15) is 5.11 Å². The Bertz CT molecular complexity index is 594. The van der Waals surface area contributed by atoms with Crippen molar-refractivity contribution in [2.45, 2.75) is 123 Å². The van der Waals surface area contributed by atoms with Crippen LogP contribution in [0.3, 0.4) is 0 Å². The second-order valence-corrected chi connectivity index (χ2v) is 10.4. The van der Waals surface area contributed by atoms with Gasteiger partial charge in [0, 0.05) is 0 Å². The minimum Gasteiger partial charge on any atom is -0.508 e. The summed E-state index contributed by atoms with van der Waals surface area (Å²) < 4.78 is 0. The summed E-state index contributed by atoms with van der Waals surface area (Å²) in [6.45, 7) is 4.81. The second kappa shape index (κ2) is 10.2. The van der Waals surface area contributed by atoms with Crippen molar-refractivity contribution in [3.63, 3.8) is 0 Å². The van der Waals surface area contributed by atoms with Gasteiger partial charge >= 0.3 is 0 Å². The highest BCUT2D eigenvalue weighted by molar-refractivity contribution is 5.35. The molecule has 0 aromatic heterocycles. The van der Waals surface area contributed by atoms with E-state index in [1.807, 2.05) is 12.1 Å². The fourth-order valence-corrected chi connectivity index (χ4v) is 4.90. The molecule has 0 saturated heterocycles. The number of unbranched alkanes of at least 4 members (excludes halogenated alkanes) is 6. The molecule has 0 aliphatic heterocycles. The van der Waals surface area contributed by atoms with Gasteiger partial charge in [-0.3, -0.25) is 0 Å². The monoisotopic (exact) mass is 384 g/mol. The fourth-order valence-electron chi connectivity index (χ4n) is 4.90. The van der Waals surface area contributed by atoms with Crippen LogP contribution in [0.2, 0.25) is 0 Å². The van der Waals surface area contributed by atoms with Crippen molar-refractivity contribution < 1.29 is 5.11 Å². The lowest BCUT2D eigenvalue weighted by Crippen LogP contribution is -1.98. The van der Waals surface area contributed by atoms with Gasteiger partial charge in [0.15, 0.2) is 0 Å². The van der Waals surface area contributed by atoms with Crippen molar-refractivity contribution in [1.82, 2.24) is 0 Å². The smallest absolute Gasteiger partial charge is 0.115 e. The molecule has 0 amide bonds. The van der Waals surface area contributed by atoms with Gasteiger partial charge in [0.05, 0.1) is 0 Å². The minimum atomic E-state index is 0.440. The number of benzene rings is 1. The van der Waals surface area contributed by atoms with Crippen LogP contribution in [0.1, 0.15) is 121 Å². The highest BCUT2D eigenvalue weighted by Gasteiger charge is 2.39. The first-order valence-electron chi connectivity index (χ1n) is 12.4. The largest absolute Gasteiger partial charge is 0.508 e. The Kier molecular flexibility index (Phi) is 7.89. The Hall–Kier alpha value is -0.980. The number of phenols is 1. The van der Waals surface area contributed by atoms with Gasteiger partial charge in [-0.2, -0.15) is 0 Å². The van der Waals surface area contributed by atoms with Gasteiger partial charge in [0.1, 0.15) is 5.75 Å². The Morgan fingerprint density at radius 2 is 1.36 bits per heavy atom. The standard InChI is InChI=1S/C27H44O/c1-3-27(20-21-27)17-11-7-5-8-12-23-14-15-25(28)22-24(23)13-9-4-6-10-16-26(2)18-19-26/h14-15,22,28H,3-13,16-21H2,1-2H3. The molecule has 1 aromatic carbocycles. The Morgan fingerprint density at radius 3 is 1.96 bits per heavy atom. The quantitative estimate of drug-likeness (QED) is 0.301. The van der Waals surface area contributed by atoms with Crippen LogP contribution in [-0.4, -0.2) is 5.11 Å². The SMILES string of the molecule is CCC1(CCCCCCc2ccc(O)cc2CCCCCCC2(C)CC2)CC1. The van der Waals surface area contributed by atoms with Gasteiger partial charge in [0.25, 0.3) is 0 Å². The maximum absolute atomic E-state index is 9.92. The zero-order valence-corrected chi connectivity index (χ0v) is 18.7. The molecule has 0 heterocycles. The number of hydrogen-bond donors (Lipinski definition) is 1. The zero-order chi connectivity index (χ0) is 19.9. The minimum absolute atomic E-state index is 0.440. The van der Waals surface area contributed by atoms with E-state index in [1.54, 1.807) is 0 Å². The summed E-state index contributed by atoms with van der Waals surface area (Å²) in [5.74, 6) is 0.440. The first-order chi connectivity index (χ1) is 13.5. The molecule has 0 radical (unpaired) electrons. The Balaban J connectivity index is 1.30. The average Bonchev–Trinajstić information content (AvgIpc) is 3.61. The predicted molar refractivity (Wildman–Crippen MR) is 121 cm³/mol. The van der Waals surface area contributed by atoms with E-state index in [0.29, 0.717) is 11.2 Å². The van der Waals surface area contributed by atoms with Gasteiger partial charge in [-0.1, -0.05) is 64.9 Å². The number of phenolic OH excluding ortho intramolecular Hbond substituents is 1. The lowest BCUT2D eigenvalue weighted by molar-refractivity contribution is 0.420. The van der Waals surface area contributed by atoms with Crippen molar-refractivity contribution in [3.8, 4) is 5.75 Å². The molecule has 2 fully saturated rings. The van der Waals surface area contributed by atoms with E-state index in [4.69, 9.17) is 0 Å². The van der Waals surface area contributed by atoms with E-state index >= 15 is 0 Å². The number of rotatable bonds is 15. The van der Waals surface area contributed by atoms with Crippen LogP contribution in [0.15, 0.2) is 18.2 Å². The molecule has 0 atom stereocenters. The molecule has 2 saturated carbocycles. The van der Waals surface area contributed by atoms with Crippen LogP contribution < -0.4 is 0 Å². The molecule has 0 bridgehead atoms. The number of hydrogen-bond acceptors (Lipinski definition) is 1. The van der Waals surface area contributed by atoms with Crippen LogP contribution >= 0.6 is 0 Å². The lowest BCUT2D eigenvalue weighted by atomic mass is 9.93. The molecule has 0 spiro atoms. The van der Waals surface area contributed by atoms with Gasteiger partial charge in [-0.15, -0.1) is 0 Å². The molecular formula is C27H44O. The molecule has 1 aromatic rings. The first-order valence-corrected chi connectivity index (χ1v) is 12.4. The number of aryl methyl sites for hydroxylation is 2. The van der Waals surface area contributed by atoms with Crippen LogP contribution in [0.25, 0.3) is 0 Å². The Labute approximate surface area is 174 Å². The van der Waals surface area contributed by atoms with Gasteiger partial charge in [-0.25, -0.2) is 0 Å². The summed E-state index contributed by atoms with van der Waals surface area (Å²) in [6, 6.07) is 6.08. The fraction of sp³-hybridized carbons (Fsp3) is 0.778. The Morgan fingerprint density at radius 1 is 0.750 bits per heavy atom. The highest BCUT2D eigenvalue weighted by Crippen LogP contribution is 2.52. The van der Waals surface area contributed by atoms with Crippen LogP contribution in [0.5, 0.6) is 5.75 Å². The highest BCUT2D eigenvalue weighted by atomic mass is 16.3. The van der Waals surface area contributed by atoms with Crippen molar-refractivity contribution in [3.05, 3.63) is 29.3 Å². The van der Waals surface area contributed by atoms with Crippen LogP contribution in [0, 0.1) is 10.8 Å². The van der Waals surface area contributed by atoms with E-state index < -0.39 is 0 Å². The molecular weight excluding hydrogens is 340 g/mol. The molecule has 28 heavy (non-hydrogen) atoms. The third kappa shape index (κ3) is 7.12.